The molecule has 29 heavy (non-hydrogen) atoms. The number of anilines is 2. The van der Waals surface area contributed by atoms with Crippen LogP contribution in [0.3, 0.4) is 0 Å². The molecule has 1 saturated heterocycles. The van der Waals surface area contributed by atoms with Crippen molar-refractivity contribution in [1.82, 2.24) is 0 Å². The fourth-order valence-corrected chi connectivity index (χ4v) is 5.34. The summed E-state index contributed by atoms with van der Waals surface area (Å²) in [5, 5.41) is 2.77. The topological polar surface area (TPSA) is 49.4 Å². The van der Waals surface area contributed by atoms with Crippen molar-refractivity contribution >= 4 is 35.0 Å². The lowest BCUT2D eigenvalue weighted by Crippen LogP contribution is -2.27. The molecule has 1 N–H and O–H groups in total. The van der Waals surface area contributed by atoms with E-state index in [2.05, 4.69) is 5.32 Å². The van der Waals surface area contributed by atoms with Gasteiger partial charge in [-0.3, -0.25) is 14.5 Å². The molecule has 4 rings (SSSR count). The van der Waals surface area contributed by atoms with Crippen molar-refractivity contribution < 1.29 is 14.0 Å². The summed E-state index contributed by atoms with van der Waals surface area (Å²) in [6.07, 6.45) is 6.62. The van der Waals surface area contributed by atoms with E-state index >= 15 is 0 Å². The predicted molar refractivity (Wildman–Crippen MR) is 115 cm³/mol. The molecule has 2 fully saturated rings. The first-order valence-corrected chi connectivity index (χ1v) is 11.2. The monoisotopic (exact) mass is 412 g/mol. The number of benzene rings is 2. The molecular weight excluding hydrogens is 387 g/mol. The van der Waals surface area contributed by atoms with Crippen LogP contribution in [0.5, 0.6) is 0 Å². The maximum atomic E-state index is 13.6. The van der Waals surface area contributed by atoms with E-state index in [0.717, 1.165) is 17.7 Å². The highest BCUT2D eigenvalue weighted by molar-refractivity contribution is 8.00. The smallest absolute Gasteiger partial charge is 0.238 e. The van der Waals surface area contributed by atoms with E-state index in [1.165, 1.54) is 49.6 Å². The van der Waals surface area contributed by atoms with Crippen molar-refractivity contribution in [3.8, 4) is 0 Å². The molecule has 1 atom stereocenters. The molecule has 1 heterocycles. The van der Waals surface area contributed by atoms with E-state index in [9.17, 15) is 14.0 Å². The van der Waals surface area contributed by atoms with Gasteiger partial charge in [0.25, 0.3) is 0 Å². The summed E-state index contributed by atoms with van der Waals surface area (Å²) in [5.74, 6) is 0.725. The van der Waals surface area contributed by atoms with E-state index in [-0.39, 0.29) is 23.0 Å². The van der Waals surface area contributed by atoms with Gasteiger partial charge in [-0.1, -0.05) is 43.9 Å². The lowest BCUT2D eigenvalue weighted by atomic mass is 10.0. The van der Waals surface area contributed by atoms with Gasteiger partial charge in [0, 0.05) is 17.8 Å². The third kappa shape index (κ3) is 4.81. The molecule has 6 heteroatoms. The lowest BCUT2D eigenvalue weighted by molar-refractivity contribution is -0.117. The van der Waals surface area contributed by atoms with Gasteiger partial charge in [0.15, 0.2) is 0 Å². The highest BCUT2D eigenvalue weighted by atomic mass is 32.2. The zero-order valence-electron chi connectivity index (χ0n) is 16.3. The number of halogens is 1. The van der Waals surface area contributed by atoms with E-state index < -0.39 is 0 Å². The summed E-state index contributed by atoms with van der Waals surface area (Å²) >= 11 is 1.52. The van der Waals surface area contributed by atoms with Crippen molar-refractivity contribution in [3.63, 3.8) is 0 Å². The molecule has 0 spiro atoms. The van der Waals surface area contributed by atoms with Crippen LogP contribution in [-0.2, 0) is 9.59 Å². The third-order valence-electron chi connectivity index (χ3n) is 5.69. The fraction of sp³-hybridized carbons (Fsp3) is 0.391. The molecule has 2 aromatic carbocycles. The van der Waals surface area contributed by atoms with Crippen LogP contribution in [0.4, 0.5) is 15.8 Å². The Labute approximate surface area is 174 Å². The van der Waals surface area contributed by atoms with Gasteiger partial charge in [-0.15, -0.1) is 11.8 Å². The average Bonchev–Trinajstić information content (AvgIpc) is 3.37. The van der Waals surface area contributed by atoms with Crippen LogP contribution in [0, 0.1) is 11.7 Å². The van der Waals surface area contributed by atoms with Gasteiger partial charge in [0.1, 0.15) is 11.2 Å². The molecule has 0 aromatic heterocycles. The van der Waals surface area contributed by atoms with Gasteiger partial charge >= 0.3 is 0 Å². The quantitative estimate of drug-likeness (QED) is 0.680. The van der Waals surface area contributed by atoms with Crippen molar-refractivity contribution in [2.24, 2.45) is 5.92 Å². The van der Waals surface area contributed by atoms with Crippen LogP contribution in [0.15, 0.2) is 48.5 Å². The highest BCUT2D eigenvalue weighted by Crippen LogP contribution is 2.42. The highest BCUT2D eigenvalue weighted by Gasteiger charge is 2.34. The molecule has 152 valence electrons. The number of hydrogen-bond acceptors (Lipinski definition) is 3. The van der Waals surface area contributed by atoms with Crippen LogP contribution in [0.1, 0.15) is 49.5 Å². The molecule has 0 radical (unpaired) electrons. The summed E-state index contributed by atoms with van der Waals surface area (Å²) in [5.41, 5.74) is 2.28. The van der Waals surface area contributed by atoms with Gasteiger partial charge in [-0.05, 0) is 48.2 Å². The third-order valence-corrected chi connectivity index (χ3v) is 6.90. The minimum Gasteiger partial charge on any atom is -0.326 e. The van der Waals surface area contributed by atoms with Crippen LogP contribution in [0.2, 0.25) is 0 Å². The Kier molecular flexibility index (Phi) is 6.19. The number of hydrogen-bond donors (Lipinski definition) is 1. The van der Waals surface area contributed by atoms with E-state index in [1.54, 1.807) is 17.0 Å². The Hall–Kier alpha value is -2.34. The van der Waals surface area contributed by atoms with Crippen LogP contribution in [0.25, 0.3) is 0 Å². The zero-order chi connectivity index (χ0) is 20.2. The minimum atomic E-state index is -0.360. The Morgan fingerprint density at radius 1 is 1.14 bits per heavy atom. The molecule has 1 saturated carbocycles. The first kappa shape index (κ1) is 20.0. The zero-order valence-corrected chi connectivity index (χ0v) is 17.1. The Bertz CT molecular complexity index is 881. The van der Waals surface area contributed by atoms with E-state index in [1.807, 2.05) is 24.3 Å². The van der Waals surface area contributed by atoms with Gasteiger partial charge in [-0.2, -0.15) is 0 Å². The van der Waals surface area contributed by atoms with Crippen LogP contribution in [-0.4, -0.2) is 17.6 Å². The fourth-order valence-electron chi connectivity index (χ4n) is 4.16. The van der Waals surface area contributed by atoms with Gasteiger partial charge < -0.3 is 5.32 Å². The summed E-state index contributed by atoms with van der Waals surface area (Å²) in [4.78, 5) is 26.2. The van der Waals surface area contributed by atoms with Crippen molar-refractivity contribution in [1.29, 1.82) is 0 Å². The summed E-state index contributed by atoms with van der Waals surface area (Å²) in [7, 11) is 0. The SMILES string of the molecule is O=C(CCC1CCCC1)Nc1ccc(C2SCC(=O)N2c2cccc(F)c2)cc1. The molecule has 1 aliphatic heterocycles. The van der Waals surface area contributed by atoms with Crippen LogP contribution < -0.4 is 10.2 Å². The molecule has 2 aliphatic rings. The number of carbonyl (C=O) groups is 2. The van der Waals surface area contributed by atoms with Gasteiger partial charge in [0.05, 0.1) is 5.75 Å². The molecule has 1 aliphatic carbocycles. The summed E-state index contributed by atoms with van der Waals surface area (Å²) in [6, 6.07) is 13.7. The second kappa shape index (κ2) is 8.99. The van der Waals surface area contributed by atoms with Gasteiger partial charge in [-0.25, -0.2) is 4.39 Å². The molecule has 4 nitrogen and oxygen atoms in total. The molecular formula is C23H25FN2O2S. The average molecular weight is 413 g/mol. The van der Waals surface area contributed by atoms with Crippen molar-refractivity contribution in [2.45, 2.75) is 43.9 Å². The number of carbonyl (C=O) groups excluding carboxylic acids is 2. The van der Waals surface area contributed by atoms with E-state index in [0.29, 0.717) is 23.8 Å². The van der Waals surface area contributed by atoms with Crippen LogP contribution >= 0.6 is 11.8 Å². The van der Waals surface area contributed by atoms with E-state index in [4.69, 9.17) is 0 Å². The number of thioether (sulfide) groups is 1. The number of amides is 2. The Morgan fingerprint density at radius 3 is 2.62 bits per heavy atom. The summed E-state index contributed by atoms with van der Waals surface area (Å²) in [6.45, 7) is 0. The minimum absolute atomic E-state index is 0.0325. The molecule has 2 aromatic rings. The molecule has 1 unspecified atom stereocenters. The number of rotatable bonds is 6. The summed E-state index contributed by atoms with van der Waals surface area (Å²) < 4.78 is 13.6. The normalized spacial score (nSPS) is 19.7. The van der Waals surface area contributed by atoms with Crippen molar-refractivity contribution in [3.05, 3.63) is 59.9 Å². The first-order chi connectivity index (χ1) is 14.1. The largest absolute Gasteiger partial charge is 0.326 e. The maximum absolute atomic E-state index is 13.6. The van der Waals surface area contributed by atoms with Crippen molar-refractivity contribution in [2.75, 3.05) is 16.0 Å². The first-order valence-electron chi connectivity index (χ1n) is 10.2. The standard InChI is InChI=1S/C23H25FN2O2S/c24-18-6-3-7-20(14-18)26-22(28)15-29-23(26)17-9-11-19(12-10-17)25-21(27)13-8-16-4-1-2-5-16/h3,6-7,9-12,14,16,23H,1-2,4-5,8,13,15H2,(H,25,27). The maximum Gasteiger partial charge on any atom is 0.238 e. The predicted octanol–water partition coefficient (Wildman–Crippen LogP) is 5.51. The second-order valence-corrected chi connectivity index (χ2v) is 8.83. The Morgan fingerprint density at radius 2 is 1.90 bits per heavy atom. The lowest BCUT2D eigenvalue weighted by Gasteiger charge is -2.24. The molecule has 0 bridgehead atoms. The second-order valence-electron chi connectivity index (χ2n) is 7.77. The number of nitrogens with one attached hydrogen (secondary N) is 1. The van der Waals surface area contributed by atoms with Gasteiger partial charge in [0.2, 0.25) is 11.8 Å². The Balaban J connectivity index is 1.40. The molecule has 2 amide bonds. The number of nitrogens with zero attached hydrogens (tertiary/aromatic N) is 1.